The molecule has 1 heterocycles. The molecule has 0 bridgehead atoms. The number of carbonyl (C=O) groups is 1. The molecule has 2 aromatic rings. The summed E-state index contributed by atoms with van der Waals surface area (Å²) >= 11 is 1.17. The summed E-state index contributed by atoms with van der Waals surface area (Å²) in [5.74, 6) is 1.06. The summed E-state index contributed by atoms with van der Waals surface area (Å²) in [5.41, 5.74) is 8.65. The molecule has 0 atom stereocenters. The Morgan fingerprint density at radius 1 is 1.33 bits per heavy atom. The van der Waals surface area contributed by atoms with Crippen molar-refractivity contribution in [3.63, 3.8) is 0 Å². The number of hydrogen-bond donors (Lipinski definition) is 2. The number of nitrogens with zero attached hydrogens (tertiary/aromatic N) is 3. The van der Waals surface area contributed by atoms with Gasteiger partial charge in [0.15, 0.2) is 0 Å². The highest BCUT2D eigenvalue weighted by Gasteiger charge is 2.08. The van der Waals surface area contributed by atoms with E-state index in [0.29, 0.717) is 29.1 Å². The van der Waals surface area contributed by atoms with Gasteiger partial charge in [0.25, 0.3) is 0 Å². The topological polar surface area (TPSA) is 112 Å². The van der Waals surface area contributed by atoms with Crippen molar-refractivity contribution in [3.05, 3.63) is 28.8 Å². The van der Waals surface area contributed by atoms with Crippen LogP contribution in [0.5, 0.6) is 11.5 Å². The van der Waals surface area contributed by atoms with Crippen LogP contribution in [0.25, 0.3) is 0 Å². The summed E-state index contributed by atoms with van der Waals surface area (Å²) in [4.78, 5) is 11.8. The average molecular weight is 349 g/mol. The van der Waals surface area contributed by atoms with Crippen LogP contribution in [0.1, 0.15) is 24.4 Å². The Morgan fingerprint density at radius 2 is 2.12 bits per heavy atom. The van der Waals surface area contributed by atoms with Gasteiger partial charge < -0.3 is 15.2 Å². The van der Waals surface area contributed by atoms with Gasteiger partial charge in [0.2, 0.25) is 11.0 Å². The summed E-state index contributed by atoms with van der Waals surface area (Å²) in [6.07, 6.45) is 1.60. The normalized spacial score (nSPS) is 10.8. The van der Waals surface area contributed by atoms with E-state index in [4.69, 9.17) is 15.2 Å². The Balaban J connectivity index is 1.98. The van der Waals surface area contributed by atoms with Crippen LogP contribution < -0.4 is 20.6 Å². The van der Waals surface area contributed by atoms with Crippen LogP contribution in [0.15, 0.2) is 23.3 Å². The molecule has 0 aliphatic heterocycles. The molecule has 1 aromatic carbocycles. The number of hydrazone groups is 1. The number of carbonyl (C=O) groups excluding carboxylic acids is 1. The SMILES string of the molecule is CCOc1ccc(/C=N/NC(=O)Cc2nnc(N)s2)c(OCC)c1. The number of amides is 1. The molecule has 0 fully saturated rings. The predicted octanol–water partition coefficient (Wildman–Crippen LogP) is 1.61. The number of ether oxygens (including phenoxy) is 2. The third kappa shape index (κ3) is 5.20. The van der Waals surface area contributed by atoms with Crippen molar-refractivity contribution in [1.82, 2.24) is 15.6 Å². The molecule has 0 radical (unpaired) electrons. The Labute approximate surface area is 143 Å². The minimum Gasteiger partial charge on any atom is -0.494 e. The Hall–Kier alpha value is -2.68. The standard InChI is InChI=1S/C15H19N5O3S/c1-3-22-11-6-5-10(12(7-11)23-4-2)9-17-18-13(21)8-14-19-20-15(16)24-14/h5-7,9H,3-4,8H2,1-2H3,(H2,16,20)(H,18,21)/b17-9+. The lowest BCUT2D eigenvalue weighted by molar-refractivity contribution is -0.120. The molecular weight excluding hydrogens is 330 g/mol. The zero-order valence-electron chi connectivity index (χ0n) is 13.5. The summed E-state index contributed by atoms with van der Waals surface area (Å²) < 4.78 is 11.0. The van der Waals surface area contributed by atoms with Gasteiger partial charge in [-0.25, -0.2) is 5.43 Å². The van der Waals surface area contributed by atoms with Crippen LogP contribution >= 0.6 is 11.3 Å². The molecule has 0 aliphatic rings. The van der Waals surface area contributed by atoms with Gasteiger partial charge in [-0.15, -0.1) is 10.2 Å². The maximum absolute atomic E-state index is 11.8. The summed E-state index contributed by atoms with van der Waals surface area (Å²) in [5, 5.41) is 12.2. The summed E-state index contributed by atoms with van der Waals surface area (Å²) in [6, 6.07) is 5.43. The number of nitrogen functional groups attached to an aromatic ring is 1. The fourth-order valence-corrected chi connectivity index (χ4v) is 2.45. The highest BCUT2D eigenvalue weighted by atomic mass is 32.1. The number of hydrogen-bond acceptors (Lipinski definition) is 8. The van der Waals surface area contributed by atoms with Crippen molar-refractivity contribution in [2.45, 2.75) is 20.3 Å². The van der Waals surface area contributed by atoms with Crippen molar-refractivity contribution in [3.8, 4) is 11.5 Å². The van der Waals surface area contributed by atoms with E-state index < -0.39 is 0 Å². The first-order chi connectivity index (χ1) is 11.6. The zero-order chi connectivity index (χ0) is 17.4. The van der Waals surface area contributed by atoms with E-state index in [-0.39, 0.29) is 12.3 Å². The van der Waals surface area contributed by atoms with E-state index in [9.17, 15) is 4.79 Å². The molecule has 0 unspecified atom stereocenters. The molecule has 3 N–H and O–H groups in total. The lowest BCUT2D eigenvalue weighted by atomic mass is 10.2. The molecule has 1 aromatic heterocycles. The van der Waals surface area contributed by atoms with Crippen LogP contribution in [0.3, 0.4) is 0 Å². The second kappa shape index (κ2) is 8.82. The molecule has 2 rings (SSSR count). The molecule has 1 amide bonds. The van der Waals surface area contributed by atoms with E-state index in [1.807, 2.05) is 26.0 Å². The van der Waals surface area contributed by atoms with E-state index >= 15 is 0 Å². The molecule has 0 aliphatic carbocycles. The number of nitrogens with one attached hydrogen (secondary N) is 1. The summed E-state index contributed by atoms with van der Waals surface area (Å²) in [7, 11) is 0. The highest BCUT2D eigenvalue weighted by molar-refractivity contribution is 7.15. The Morgan fingerprint density at radius 3 is 2.79 bits per heavy atom. The first-order valence-electron chi connectivity index (χ1n) is 7.41. The largest absolute Gasteiger partial charge is 0.494 e. The predicted molar refractivity (Wildman–Crippen MR) is 92.5 cm³/mol. The fourth-order valence-electron chi connectivity index (χ4n) is 1.85. The average Bonchev–Trinajstić information content (AvgIpc) is 2.95. The quantitative estimate of drug-likeness (QED) is 0.553. The molecule has 9 heteroatoms. The molecule has 0 spiro atoms. The molecule has 24 heavy (non-hydrogen) atoms. The van der Waals surface area contributed by atoms with Gasteiger partial charge >= 0.3 is 0 Å². The highest BCUT2D eigenvalue weighted by Crippen LogP contribution is 2.23. The van der Waals surface area contributed by atoms with E-state index in [1.54, 1.807) is 6.07 Å². The van der Waals surface area contributed by atoms with Crippen molar-refractivity contribution in [2.75, 3.05) is 18.9 Å². The third-order valence-electron chi connectivity index (χ3n) is 2.78. The van der Waals surface area contributed by atoms with Gasteiger partial charge in [-0.2, -0.15) is 5.10 Å². The van der Waals surface area contributed by atoms with Crippen LogP contribution in [0, 0.1) is 0 Å². The minimum atomic E-state index is -0.300. The van der Waals surface area contributed by atoms with Gasteiger partial charge in [-0.1, -0.05) is 11.3 Å². The van der Waals surface area contributed by atoms with Crippen molar-refractivity contribution in [2.24, 2.45) is 5.10 Å². The maximum Gasteiger partial charge on any atom is 0.247 e. The maximum atomic E-state index is 11.8. The number of nitrogens with two attached hydrogens (primary N) is 1. The lowest BCUT2D eigenvalue weighted by Gasteiger charge is -2.09. The van der Waals surface area contributed by atoms with Crippen LogP contribution in [-0.4, -0.2) is 35.5 Å². The Kier molecular flexibility index (Phi) is 6.50. The monoisotopic (exact) mass is 349 g/mol. The van der Waals surface area contributed by atoms with Crippen LogP contribution in [0.4, 0.5) is 5.13 Å². The van der Waals surface area contributed by atoms with E-state index in [0.717, 1.165) is 11.3 Å². The van der Waals surface area contributed by atoms with Gasteiger partial charge in [0.1, 0.15) is 16.5 Å². The second-order valence-corrected chi connectivity index (χ2v) is 5.66. The van der Waals surface area contributed by atoms with Crippen LogP contribution in [0.2, 0.25) is 0 Å². The zero-order valence-corrected chi connectivity index (χ0v) is 14.3. The molecular formula is C15H19N5O3S. The van der Waals surface area contributed by atoms with Crippen molar-refractivity contribution < 1.29 is 14.3 Å². The number of rotatable bonds is 8. The van der Waals surface area contributed by atoms with Crippen molar-refractivity contribution >= 4 is 28.6 Å². The second-order valence-electron chi connectivity index (χ2n) is 4.57. The van der Waals surface area contributed by atoms with Crippen LogP contribution in [-0.2, 0) is 11.2 Å². The number of anilines is 1. The molecule has 8 nitrogen and oxygen atoms in total. The minimum absolute atomic E-state index is 0.0772. The molecule has 0 saturated heterocycles. The first kappa shape index (κ1) is 17.7. The van der Waals surface area contributed by atoms with E-state index in [2.05, 4.69) is 20.7 Å². The van der Waals surface area contributed by atoms with Gasteiger partial charge in [-0.05, 0) is 26.0 Å². The van der Waals surface area contributed by atoms with Gasteiger partial charge in [-0.3, -0.25) is 4.79 Å². The third-order valence-corrected chi connectivity index (χ3v) is 3.54. The molecule has 128 valence electrons. The lowest BCUT2D eigenvalue weighted by Crippen LogP contribution is -2.19. The van der Waals surface area contributed by atoms with Crippen molar-refractivity contribution in [1.29, 1.82) is 0 Å². The number of aromatic nitrogens is 2. The first-order valence-corrected chi connectivity index (χ1v) is 8.23. The summed E-state index contributed by atoms with van der Waals surface area (Å²) in [6.45, 7) is 4.90. The van der Waals surface area contributed by atoms with E-state index in [1.165, 1.54) is 17.6 Å². The smallest absolute Gasteiger partial charge is 0.247 e. The Bertz CT molecular complexity index is 717. The van der Waals surface area contributed by atoms with Gasteiger partial charge in [0.05, 0.1) is 25.8 Å². The number of benzene rings is 1. The molecule has 0 saturated carbocycles. The fraction of sp³-hybridized carbons (Fsp3) is 0.333. The van der Waals surface area contributed by atoms with Gasteiger partial charge in [0, 0.05) is 11.6 Å².